The van der Waals surface area contributed by atoms with Gasteiger partial charge >= 0.3 is 0 Å². The molecule has 1 unspecified atom stereocenters. The predicted octanol–water partition coefficient (Wildman–Crippen LogP) is -1.87. The summed E-state index contributed by atoms with van der Waals surface area (Å²) in [5.74, 6) is -0.951. The van der Waals surface area contributed by atoms with Crippen molar-refractivity contribution < 1.29 is 17.9 Å². The number of hydrogen-bond donors (Lipinski definition) is 2. The van der Waals surface area contributed by atoms with Crippen molar-refractivity contribution in [2.24, 2.45) is 0 Å². The molecule has 2 atom stereocenters. The van der Waals surface area contributed by atoms with E-state index in [4.69, 9.17) is 4.74 Å². The van der Waals surface area contributed by atoms with Gasteiger partial charge in [-0.1, -0.05) is 0 Å². The normalized spacial score (nSPS) is 26.5. The maximum Gasteiger partial charge on any atom is 0.235 e. The van der Waals surface area contributed by atoms with Gasteiger partial charge in [0.25, 0.3) is 0 Å². The molecule has 0 aromatic rings. The molecule has 1 saturated heterocycles. The van der Waals surface area contributed by atoms with Crippen molar-refractivity contribution in [2.75, 3.05) is 32.2 Å². The van der Waals surface area contributed by atoms with Crippen molar-refractivity contribution in [3.05, 3.63) is 0 Å². The van der Waals surface area contributed by atoms with Crippen LogP contribution in [0, 0.1) is 0 Å². The van der Waals surface area contributed by atoms with Gasteiger partial charge in [0.05, 0.1) is 12.1 Å². The third kappa shape index (κ3) is 4.15. The molecule has 7 heteroatoms. The molecule has 15 heavy (non-hydrogen) atoms. The number of amides is 1. The first-order valence-corrected chi connectivity index (χ1v) is 6.69. The van der Waals surface area contributed by atoms with Crippen LogP contribution in [0.4, 0.5) is 0 Å². The number of ether oxygens (including phenoxy) is 1. The molecule has 0 saturated carbocycles. The summed E-state index contributed by atoms with van der Waals surface area (Å²) in [4.78, 5) is 11.3. The second kappa shape index (κ2) is 4.91. The average molecular weight is 236 g/mol. The molecule has 6 nitrogen and oxygen atoms in total. The first-order valence-electron chi connectivity index (χ1n) is 4.63. The lowest BCUT2D eigenvalue weighted by Gasteiger charge is -2.18. The maximum atomic E-state index is 11.3. The molecule has 1 rings (SSSR count). The Morgan fingerprint density at radius 3 is 2.73 bits per heavy atom. The molecule has 0 spiro atoms. The Balaban J connectivity index is 2.44. The number of methoxy groups -OCH3 is 1. The van der Waals surface area contributed by atoms with Crippen molar-refractivity contribution >= 4 is 15.7 Å². The molecule has 1 aliphatic rings. The Morgan fingerprint density at radius 2 is 2.20 bits per heavy atom. The van der Waals surface area contributed by atoms with Gasteiger partial charge in [0, 0.05) is 26.5 Å². The Hall–Kier alpha value is -0.660. The van der Waals surface area contributed by atoms with Gasteiger partial charge in [0.2, 0.25) is 5.91 Å². The molecular weight excluding hydrogens is 220 g/mol. The Morgan fingerprint density at radius 1 is 1.53 bits per heavy atom. The molecule has 1 amide bonds. The summed E-state index contributed by atoms with van der Waals surface area (Å²) >= 11 is 0. The highest BCUT2D eigenvalue weighted by Crippen LogP contribution is 2.03. The van der Waals surface area contributed by atoms with Crippen LogP contribution in [-0.4, -0.2) is 58.7 Å². The zero-order valence-electron chi connectivity index (χ0n) is 8.82. The Kier molecular flexibility index (Phi) is 4.06. The monoisotopic (exact) mass is 236 g/mol. The van der Waals surface area contributed by atoms with Crippen molar-refractivity contribution in [3.8, 4) is 0 Å². The van der Waals surface area contributed by atoms with Gasteiger partial charge in [0.15, 0.2) is 9.84 Å². The van der Waals surface area contributed by atoms with E-state index >= 15 is 0 Å². The molecule has 0 aromatic carbocycles. The minimum absolute atomic E-state index is 0.0893. The quantitative estimate of drug-likeness (QED) is 0.597. The van der Waals surface area contributed by atoms with E-state index in [2.05, 4.69) is 10.6 Å². The number of nitrogens with one attached hydrogen (secondary N) is 2. The van der Waals surface area contributed by atoms with Gasteiger partial charge in [-0.25, -0.2) is 8.42 Å². The summed E-state index contributed by atoms with van der Waals surface area (Å²) in [5.41, 5.74) is 0. The highest BCUT2D eigenvalue weighted by atomic mass is 32.2. The van der Waals surface area contributed by atoms with Crippen LogP contribution in [0.1, 0.15) is 0 Å². The average Bonchev–Trinajstić information content (AvgIpc) is 2.48. The van der Waals surface area contributed by atoms with Gasteiger partial charge in [-0.3, -0.25) is 4.79 Å². The van der Waals surface area contributed by atoms with Crippen LogP contribution < -0.4 is 10.6 Å². The van der Waals surface area contributed by atoms with Crippen LogP contribution >= 0.6 is 0 Å². The van der Waals surface area contributed by atoms with Crippen LogP contribution in [0.2, 0.25) is 0 Å². The molecule has 1 heterocycles. The number of carbonyl (C=O) groups excluding carboxylic acids is 1. The molecule has 1 aliphatic heterocycles. The zero-order valence-corrected chi connectivity index (χ0v) is 9.63. The number of hydrogen-bond acceptors (Lipinski definition) is 5. The summed E-state index contributed by atoms with van der Waals surface area (Å²) in [6, 6.07) is -0.149. The molecule has 2 N–H and O–H groups in total. The van der Waals surface area contributed by atoms with E-state index in [1.807, 2.05) is 0 Å². The van der Waals surface area contributed by atoms with Crippen LogP contribution in [0.25, 0.3) is 0 Å². The maximum absolute atomic E-state index is 11.3. The fraction of sp³-hybridized carbons (Fsp3) is 0.875. The molecule has 0 bridgehead atoms. The molecular formula is C8H16N2O4S. The van der Waals surface area contributed by atoms with Crippen molar-refractivity contribution in [2.45, 2.75) is 12.1 Å². The molecule has 0 aromatic heterocycles. The molecule has 0 radical (unpaired) electrons. The van der Waals surface area contributed by atoms with E-state index in [0.717, 1.165) is 6.26 Å². The summed E-state index contributed by atoms with van der Waals surface area (Å²) in [6.07, 6.45) is 0.946. The Labute approximate surface area is 89.3 Å². The largest absolute Gasteiger partial charge is 0.378 e. The second-order valence-corrected chi connectivity index (χ2v) is 5.82. The summed E-state index contributed by atoms with van der Waals surface area (Å²) in [7, 11) is -1.70. The van der Waals surface area contributed by atoms with Crippen LogP contribution in [0.5, 0.6) is 0 Å². The van der Waals surface area contributed by atoms with Crippen LogP contribution in [0.3, 0.4) is 0 Å². The van der Waals surface area contributed by atoms with E-state index < -0.39 is 21.5 Å². The fourth-order valence-corrected chi connectivity index (χ4v) is 2.09. The van der Waals surface area contributed by atoms with Crippen LogP contribution in [0.15, 0.2) is 0 Å². The highest BCUT2D eigenvalue weighted by Gasteiger charge is 2.28. The zero-order chi connectivity index (χ0) is 11.5. The van der Waals surface area contributed by atoms with Gasteiger partial charge in [-0.2, -0.15) is 0 Å². The summed E-state index contributed by atoms with van der Waals surface area (Å²) < 4.78 is 26.8. The first kappa shape index (κ1) is 12.4. The first-order chi connectivity index (χ1) is 6.92. The van der Waals surface area contributed by atoms with Crippen molar-refractivity contribution in [3.63, 3.8) is 0 Å². The smallest absolute Gasteiger partial charge is 0.235 e. The molecule has 1 fully saturated rings. The van der Waals surface area contributed by atoms with E-state index in [9.17, 15) is 13.2 Å². The SMILES string of the molecule is CO[C@H]1CNCC1NC(=O)CS(C)(=O)=O. The summed E-state index contributed by atoms with van der Waals surface area (Å²) in [5, 5.41) is 5.68. The van der Waals surface area contributed by atoms with Crippen LogP contribution in [-0.2, 0) is 19.4 Å². The van der Waals surface area contributed by atoms with Gasteiger partial charge in [-0.15, -0.1) is 0 Å². The van der Waals surface area contributed by atoms with Gasteiger partial charge in [-0.05, 0) is 0 Å². The fourth-order valence-electron chi connectivity index (χ4n) is 1.53. The van der Waals surface area contributed by atoms with Gasteiger partial charge < -0.3 is 15.4 Å². The lowest BCUT2D eigenvalue weighted by atomic mass is 10.2. The van der Waals surface area contributed by atoms with E-state index in [1.54, 1.807) is 7.11 Å². The highest BCUT2D eigenvalue weighted by molar-refractivity contribution is 7.91. The predicted molar refractivity (Wildman–Crippen MR) is 55.3 cm³/mol. The van der Waals surface area contributed by atoms with E-state index in [1.165, 1.54) is 0 Å². The van der Waals surface area contributed by atoms with Crippen molar-refractivity contribution in [1.29, 1.82) is 0 Å². The standard InChI is InChI=1S/C8H16N2O4S/c1-14-7-4-9-3-6(7)10-8(11)5-15(2,12)13/h6-7,9H,3-5H2,1-2H3,(H,10,11)/t6?,7-/m0/s1. The minimum Gasteiger partial charge on any atom is -0.378 e. The number of carbonyl (C=O) groups is 1. The number of rotatable bonds is 4. The van der Waals surface area contributed by atoms with E-state index in [0.29, 0.717) is 13.1 Å². The lowest BCUT2D eigenvalue weighted by Crippen LogP contribution is -2.45. The lowest BCUT2D eigenvalue weighted by molar-refractivity contribution is -0.119. The van der Waals surface area contributed by atoms with Gasteiger partial charge in [0.1, 0.15) is 5.75 Å². The third-order valence-electron chi connectivity index (χ3n) is 2.20. The second-order valence-electron chi connectivity index (χ2n) is 3.68. The summed E-state index contributed by atoms with van der Waals surface area (Å²) in [6.45, 7) is 1.27. The van der Waals surface area contributed by atoms with E-state index in [-0.39, 0.29) is 12.1 Å². The van der Waals surface area contributed by atoms with Crippen molar-refractivity contribution in [1.82, 2.24) is 10.6 Å². The topological polar surface area (TPSA) is 84.5 Å². The molecule has 88 valence electrons. The third-order valence-corrected chi connectivity index (χ3v) is 2.99. The number of sulfone groups is 1. The Bertz CT molecular complexity index is 328. The molecule has 0 aliphatic carbocycles. The minimum atomic E-state index is -3.26.